The summed E-state index contributed by atoms with van der Waals surface area (Å²) in [6, 6.07) is 46.1. The Kier molecular flexibility index (Phi) is 14.3. The minimum atomic E-state index is -0.344. The van der Waals surface area contributed by atoms with Crippen LogP contribution in [0.5, 0.6) is 11.5 Å². The highest BCUT2D eigenvalue weighted by molar-refractivity contribution is 9.10. The van der Waals surface area contributed by atoms with Crippen LogP contribution in [0.15, 0.2) is 144 Å². The highest BCUT2D eigenvalue weighted by Gasteiger charge is 2.17. The summed E-state index contributed by atoms with van der Waals surface area (Å²) in [6.45, 7) is 3.37. The summed E-state index contributed by atoms with van der Waals surface area (Å²) >= 11 is 3.64. The van der Waals surface area contributed by atoms with Crippen LogP contribution in [0.25, 0.3) is 0 Å². The number of hydrogen-bond acceptors (Lipinski definition) is 6. The summed E-state index contributed by atoms with van der Waals surface area (Å²) in [5.74, 6) is 1.28. The molecule has 0 spiro atoms. The minimum Gasteiger partial charge on any atom is -0.485 e. The molecule has 6 nitrogen and oxygen atoms in total. The molecule has 0 unspecified atom stereocenters. The van der Waals surface area contributed by atoms with Gasteiger partial charge in [-0.1, -0.05) is 137 Å². The Labute approximate surface area is 286 Å². The van der Waals surface area contributed by atoms with Gasteiger partial charge in [0.2, 0.25) is 0 Å². The van der Waals surface area contributed by atoms with Crippen LogP contribution in [0, 0.1) is 0 Å². The minimum absolute atomic E-state index is 0.344. The molecule has 0 radical (unpaired) electrons. The first-order valence-corrected chi connectivity index (χ1v) is 16.6. The monoisotopic (exact) mass is 696 g/mol. The fraction of sp³-hybridized carbons (Fsp3) is 0.250. The third kappa shape index (κ3) is 13.0. The number of hydrogen-bond donors (Lipinski definition) is 0. The third-order valence-electron chi connectivity index (χ3n) is 7.11. The first kappa shape index (κ1) is 34.4. The lowest BCUT2D eigenvalue weighted by Crippen LogP contribution is -2.29. The average Bonchev–Trinajstić information content (AvgIpc) is 3.10. The van der Waals surface area contributed by atoms with E-state index >= 15 is 0 Å². The van der Waals surface area contributed by atoms with Crippen molar-refractivity contribution in [2.45, 2.75) is 38.6 Å². The fourth-order valence-electron chi connectivity index (χ4n) is 4.82. The third-order valence-corrected chi connectivity index (χ3v) is 7.57. The maximum absolute atomic E-state index is 6.45. The van der Waals surface area contributed by atoms with Crippen LogP contribution in [-0.2, 0) is 45.4 Å². The van der Waals surface area contributed by atoms with Gasteiger partial charge in [-0.2, -0.15) is 0 Å². The van der Waals surface area contributed by atoms with E-state index in [0.717, 1.165) is 26.7 Å². The zero-order valence-electron chi connectivity index (χ0n) is 26.4. The van der Waals surface area contributed by atoms with Crippen LogP contribution >= 0.6 is 15.9 Å². The molecule has 0 fully saturated rings. The molecule has 244 valence electrons. The lowest BCUT2D eigenvalue weighted by atomic mass is 10.2. The first-order valence-electron chi connectivity index (χ1n) is 15.8. The summed E-state index contributed by atoms with van der Waals surface area (Å²) in [4.78, 5) is 0. The molecular formula is C40H41BrO6. The molecule has 5 aromatic rings. The zero-order chi connectivity index (χ0) is 32.4. The Bertz CT molecular complexity index is 1350. The van der Waals surface area contributed by atoms with Crippen molar-refractivity contribution in [3.63, 3.8) is 0 Å². The van der Waals surface area contributed by atoms with Crippen molar-refractivity contribution in [2.75, 3.05) is 26.4 Å². The van der Waals surface area contributed by atoms with Crippen molar-refractivity contribution < 1.29 is 28.4 Å². The van der Waals surface area contributed by atoms with Crippen LogP contribution in [0.4, 0.5) is 0 Å². The van der Waals surface area contributed by atoms with Crippen molar-refractivity contribution in [3.8, 4) is 11.5 Å². The molecular weight excluding hydrogens is 656 g/mol. The van der Waals surface area contributed by atoms with E-state index in [9.17, 15) is 0 Å². The molecule has 0 atom stereocenters. The van der Waals surface area contributed by atoms with E-state index in [1.165, 1.54) is 0 Å². The maximum Gasteiger partial charge on any atom is 0.145 e. The van der Waals surface area contributed by atoms with E-state index in [4.69, 9.17) is 28.4 Å². The van der Waals surface area contributed by atoms with Crippen LogP contribution in [0.2, 0.25) is 0 Å². The van der Waals surface area contributed by atoms with E-state index in [1.54, 1.807) is 0 Å². The van der Waals surface area contributed by atoms with Gasteiger partial charge in [-0.05, 0) is 34.4 Å². The summed E-state index contributed by atoms with van der Waals surface area (Å²) in [6.07, 6.45) is -0.687. The predicted octanol–water partition coefficient (Wildman–Crippen LogP) is 8.81. The molecule has 0 N–H and O–H groups in total. The number of ether oxygens (including phenoxy) is 6. The van der Waals surface area contributed by atoms with Gasteiger partial charge < -0.3 is 28.4 Å². The van der Waals surface area contributed by atoms with Gasteiger partial charge in [0.05, 0.1) is 52.9 Å². The molecule has 47 heavy (non-hydrogen) atoms. The van der Waals surface area contributed by atoms with E-state index in [2.05, 4.69) is 15.9 Å². The number of halogens is 1. The van der Waals surface area contributed by atoms with Crippen LogP contribution in [0.1, 0.15) is 22.3 Å². The average molecular weight is 698 g/mol. The topological polar surface area (TPSA) is 55.4 Å². The van der Waals surface area contributed by atoms with Gasteiger partial charge in [-0.25, -0.2) is 0 Å². The van der Waals surface area contributed by atoms with Crippen molar-refractivity contribution >= 4 is 15.9 Å². The van der Waals surface area contributed by atoms with Gasteiger partial charge in [0.15, 0.2) is 0 Å². The zero-order valence-corrected chi connectivity index (χ0v) is 28.0. The lowest BCUT2D eigenvalue weighted by molar-refractivity contribution is -0.0185. The Hall–Kier alpha value is -3.98. The molecule has 0 saturated carbocycles. The van der Waals surface area contributed by atoms with E-state index < -0.39 is 0 Å². The molecule has 0 saturated heterocycles. The quantitative estimate of drug-likeness (QED) is 0.0811. The fourth-order valence-corrected chi connectivity index (χ4v) is 5.27. The Balaban J connectivity index is 1.22. The summed E-state index contributed by atoms with van der Waals surface area (Å²) in [5, 5.41) is 0. The summed E-state index contributed by atoms with van der Waals surface area (Å²) in [5.41, 5.74) is 4.41. The van der Waals surface area contributed by atoms with Gasteiger partial charge in [0.25, 0.3) is 0 Å². The molecule has 0 bridgehead atoms. The first-order chi connectivity index (χ1) is 23.2. The molecule has 5 aromatic carbocycles. The van der Waals surface area contributed by atoms with Crippen molar-refractivity contribution in [1.82, 2.24) is 0 Å². The van der Waals surface area contributed by atoms with Crippen molar-refractivity contribution in [1.29, 1.82) is 0 Å². The van der Waals surface area contributed by atoms with Gasteiger partial charge in [-0.3, -0.25) is 0 Å². The summed E-state index contributed by atoms with van der Waals surface area (Å²) < 4.78 is 38.0. The van der Waals surface area contributed by atoms with Crippen molar-refractivity contribution in [3.05, 3.63) is 166 Å². The molecule has 0 heterocycles. The normalized spacial score (nSPS) is 11.2. The van der Waals surface area contributed by atoms with Crippen LogP contribution < -0.4 is 9.47 Å². The lowest BCUT2D eigenvalue weighted by Gasteiger charge is -2.22. The van der Waals surface area contributed by atoms with Gasteiger partial charge in [-0.15, -0.1) is 0 Å². The molecule has 7 heteroatoms. The van der Waals surface area contributed by atoms with Gasteiger partial charge in [0, 0.05) is 10.5 Å². The second kappa shape index (κ2) is 19.6. The van der Waals surface area contributed by atoms with Crippen LogP contribution in [-0.4, -0.2) is 38.6 Å². The van der Waals surface area contributed by atoms with E-state index in [1.807, 2.05) is 140 Å². The molecule has 0 aliphatic carbocycles. The second-order valence-electron chi connectivity index (χ2n) is 11.1. The Morgan fingerprint density at radius 1 is 0.383 bits per heavy atom. The predicted molar refractivity (Wildman–Crippen MR) is 187 cm³/mol. The smallest absolute Gasteiger partial charge is 0.145 e. The van der Waals surface area contributed by atoms with E-state index in [-0.39, 0.29) is 12.2 Å². The van der Waals surface area contributed by atoms with Gasteiger partial charge in [0.1, 0.15) is 23.7 Å². The Morgan fingerprint density at radius 3 is 0.936 bits per heavy atom. The molecule has 5 rings (SSSR count). The van der Waals surface area contributed by atoms with E-state index in [0.29, 0.717) is 64.4 Å². The van der Waals surface area contributed by atoms with Crippen molar-refractivity contribution in [2.24, 2.45) is 0 Å². The Morgan fingerprint density at radius 2 is 0.660 bits per heavy atom. The number of benzene rings is 5. The molecule has 0 aliphatic heterocycles. The number of rotatable bonds is 20. The van der Waals surface area contributed by atoms with Gasteiger partial charge >= 0.3 is 0 Å². The standard InChI is InChI=1S/C40H41BrO6/c41-36-21-37(46-39(28-42-24-32-13-5-1-6-14-32)29-43-25-33-15-7-2-8-16-33)23-38(22-36)47-40(30-44-26-34-17-9-3-10-18-34)31-45-27-35-19-11-4-12-20-35/h1-23,39-40H,24-31H2. The molecule has 0 aromatic heterocycles. The maximum atomic E-state index is 6.45. The largest absolute Gasteiger partial charge is 0.485 e. The second-order valence-corrected chi connectivity index (χ2v) is 12.0. The van der Waals surface area contributed by atoms with Crippen LogP contribution in [0.3, 0.4) is 0 Å². The molecule has 0 aliphatic rings. The molecule has 0 amide bonds. The highest BCUT2D eigenvalue weighted by atomic mass is 79.9. The highest BCUT2D eigenvalue weighted by Crippen LogP contribution is 2.28. The summed E-state index contributed by atoms with van der Waals surface area (Å²) in [7, 11) is 0. The SMILES string of the molecule is Brc1cc(OC(COCc2ccccc2)COCc2ccccc2)cc(OC(COCc2ccccc2)COCc2ccccc2)c1.